The molecule has 0 aromatic carbocycles. The van der Waals surface area contributed by atoms with E-state index in [0.717, 1.165) is 0 Å². The second kappa shape index (κ2) is 5.41. The summed E-state index contributed by atoms with van der Waals surface area (Å²) in [5.74, 6) is 0. The van der Waals surface area contributed by atoms with Crippen LogP contribution < -0.4 is 11.5 Å². The summed E-state index contributed by atoms with van der Waals surface area (Å²) in [4.78, 5) is 0. The monoisotopic (exact) mass is 180 g/mol. The lowest BCUT2D eigenvalue weighted by atomic mass is 10.1. The fourth-order valence-corrected chi connectivity index (χ4v) is 0.683. The van der Waals surface area contributed by atoms with Crippen LogP contribution >= 0.6 is 0 Å². The first-order valence-electron chi connectivity index (χ1n) is 3.68. The van der Waals surface area contributed by atoms with Crippen LogP contribution in [0.15, 0.2) is 0 Å². The molecular formula is C6H16N2O4. The Bertz CT molecular complexity index is 106. The van der Waals surface area contributed by atoms with E-state index in [0.29, 0.717) is 0 Å². The summed E-state index contributed by atoms with van der Waals surface area (Å²) in [5.41, 5.74) is 9.86. The average Bonchev–Trinajstić information content (AvgIpc) is 1.98. The minimum atomic E-state index is -1.33. The lowest BCUT2D eigenvalue weighted by Gasteiger charge is -2.17. The maximum absolute atomic E-state index is 8.95. The number of nitrogens with two attached hydrogens (primary N) is 2. The minimum Gasteiger partial charge on any atom is -0.389 e. The van der Waals surface area contributed by atoms with Crippen LogP contribution in [-0.4, -0.2) is 45.1 Å². The summed E-state index contributed by atoms with van der Waals surface area (Å²) in [7, 11) is 0. The van der Waals surface area contributed by atoms with Gasteiger partial charge in [0.2, 0.25) is 0 Å². The van der Waals surface area contributed by atoms with E-state index >= 15 is 0 Å². The molecule has 0 fully saturated rings. The summed E-state index contributed by atoms with van der Waals surface area (Å²) >= 11 is 0. The Labute approximate surface area is 70.4 Å². The molecule has 4 atom stereocenters. The molecule has 0 aliphatic rings. The van der Waals surface area contributed by atoms with Crippen molar-refractivity contribution in [2.24, 2.45) is 11.5 Å². The van der Waals surface area contributed by atoms with Crippen molar-refractivity contribution >= 4 is 0 Å². The number of aliphatic hydroxyl groups is 4. The third kappa shape index (κ3) is 4.60. The lowest BCUT2D eigenvalue weighted by molar-refractivity contribution is -0.0147. The van der Waals surface area contributed by atoms with Gasteiger partial charge < -0.3 is 31.9 Å². The molecule has 0 aliphatic carbocycles. The van der Waals surface area contributed by atoms with Crippen molar-refractivity contribution in [3.05, 3.63) is 0 Å². The zero-order valence-corrected chi connectivity index (χ0v) is 6.67. The Morgan fingerprint density at radius 3 is 1.17 bits per heavy atom. The molecule has 6 heteroatoms. The Morgan fingerprint density at radius 1 is 0.750 bits per heavy atom. The highest BCUT2D eigenvalue weighted by molar-refractivity contribution is 4.66. The molecule has 0 amide bonds. The van der Waals surface area contributed by atoms with E-state index in [1.54, 1.807) is 0 Å². The molecule has 0 aromatic heterocycles. The second-order valence-electron chi connectivity index (χ2n) is 2.69. The van der Waals surface area contributed by atoms with Crippen LogP contribution in [0.5, 0.6) is 0 Å². The number of hydrogen-bond acceptors (Lipinski definition) is 6. The first-order chi connectivity index (χ1) is 5.45. The lowest BCUT2D eigenvalue weighted by Crippen LogP contribution is -2.38. The summed E-state index contributed by atoms with van der Waals surface area (Å²) in [6.45, 7) is 0. The van der Waals surface area contributed by atoms with E-state index in [2.05, 4.69) is 0 Å². The van der Waals surface area contributed by atoms with Crippen LogP contribution in [0.25, 0.3) is 0 Å². The average molecular weight is 180 g/mol. The summed E-state index contributed by atoms with van der Waals surface area (Å²) in [5, 5.41) is 35.1. The number of rotatable bonds is 5. The summed E-state index contributed by atoms with van der Waals surface area (Å²) < 4.78 is 0. The standard InChI is InChI=1S/C6H16N2O4/c7-5(11)3(9)1-2-4(10)6(8)12/h3-6,9-12H,1-2,7-8H2. The van der Waals surface area contributed by atoms with Crippen molar-refractivity contribution in [3.63, 3.8) is 0 Å². The molecule has 12 heavy (non-hydrogen) atoms. The molecule has 0 saturated heterocycles. The molecule has 8 N–H and O–H groups in total. The van der Waals surface area contributed by atoms with Gasteiger partial charge in [-0.05, 0) is 12.8 Å². The van der Waals surface area contributed by atoms with Crippen molar-refractivity contribution < 1.29 is 20.4 Å². The third-order valence-electron chi connectivity index (χ3n) is 1.55. The van der Waals surface area contributed by atoms with Crippen molar-refractivity contribution in [1.29, 1.82) is 0 Å². The summed E-state index contributed by atoms with van der Waals surface area (Å²) in [6, 6.07) is 0. The van der Waals surface area contributed by atoms with E-state index in [1.165, 1.54) is 0 Å². The fraction of sp³-hybridized carbons (Fsp3) is 1.00. The van der Waals surface area contributed by atoms with Gasteiger partial charge in [0.15, 0.2) is 0 Å². The van der Waals surface area contributed by atoms with Gasteiger partial charge in [-0.3, -0.25) is 0 Å². The van der Waals surface area contributed by atoms with E-state index < -0.39 is 24.7 Å². The van der Waals surface area contributed by atoms with Crippen LogP contribution in [0.1, 0.15) is 12.8 Å². The summed E-state index contributed by atoms with van der Waals surface area (Å²) in [6.07, 6.45) is -4.67. The highest BCUT2D eigenvalue weighted by atomic mass is 16.3. The van der Waals surface area contributed by atoms with Gasteiger partial charge >= 0.3 is 0 Å². The van der Waals surface area contributed by atoms with Crippen molar-refractivity contribution in [3.8, 4) is 0 Å². The van der Waals surface area contributed by atoms with Gasteiger partial charge in [0.05, 0.1) is 12.2 Å². The molecule has 0 aliphatic heterocycles. The van der Waals surface area contributed by atoms with Crippen LogP contribution in [0, 0.1) is 0 Å². The van der Waals surface area contributed by atoms with E-state index in [9.17, 15) is 0 Å². The topological polar surface area (TPSA) is 133 Å². The van der Waals surface area contributed by atoms with Gasteiger partial charge in [-0.2, -0.15) is 0 Å². The third-order valence-corrected chi connectivity index (χ3v) is 1.55. The SMILES string of the molecule is NC(O)C(O)CCC(O)C(N)O. The largest absolute Gasteiger partial charge is 0.389 e. The fourth-order valence-electron chi connectivity index (χ4n) is 0.683. The predicted octanol–water partition coefficient (Wildman–Crippen LogP) is -2.96. The number of aliphatic hydroxyl groups excluding tert-OH is 4. The minimum absolute atomic E-state index is 0.0904. The van der Waals surface area contributed by atoms with Crippen molar-refractivity contribution in [2.75, 3.05) is 0 Å². The van der Waals surface area contributed by atoms with E-state index in [-0.39, 0.29) is 12.8 Å². The Morgan fingerprint density at radius 2 is 1.00 bits per heavy atom. The first-order valence-corrected chi connectivity index (χ1v) is 3.68. The molecular weight excluding hydrogens is 164 g/mol. The highest BCUT2D eigenvalue weighted by Crippen LogP contribution is 2.04. The molecule has 6 nitrogen and oxygen atoms in total. The Hall–Kier alpha value is -0.240. The van der Waals surface area contributed by atoms with E-state index in [4.69, 9.17) is 31.9 Å². The molecule has 0 heterocycles. The zero-order valence-electron chi connectivity index (χ0n) is 6.67. The molecule has 4 unspecified atom stereocenters. The predicted molar refractivity (Wildman–Crippen MR) is 41.6 cm³/mol. The van der Waals surface area contributed by atoms with Crippen LogP contribution in [0.2, 0.25) is 0 Å². The van der Waals surface area contributed by atoms with Gasteiger partial charge in [0.1, 0.15) is 12.5 Å². The smallest absolute Gasteiger partial charge is 0.128 e. The highest BCUT2D eigenvalue weighted by Gasteiger charge is 2.16. The van der Waals surface area contributed by atoms with Crippen LogP contribution in [0.3, 0.4) is 0 Å². The van der Waals surface area contributed by atoms with Crippen LogP contribution in [-0.2, 0) is 0 Å². The quantitative estimate of drug-likeness (QED) is 0.250. The van der Waals surface area contributed by atoms with E-state index in [1.807, 2.05) is 0 Å². The molecule has 0 aromatic rings. The van der Waals surface area contributed by atoms with Crippen molar-refractivity contribution in [2.45, 2.75) is 37.5 Å². The van der Waals surface area contributed by atoms with Crippen LogP contribution in [0.4, 0.5) is 0 Å². The molecule has 0 rings (SSSR count). The molecule has 74 valence electrons. The second-order valence-corrected chi connectivity index (χ2v) is 2.69. The van der Waals surface area contributed by atoms with Crippen molar-refractivity contribution in [1.82, 2.24) is 0 Å². The first kappa shape index (κ1) is 11.8. The molecule has 0 saturated carbocycles. The van der Waals surface area contributed by atoms with Gasteiger partial charge in [0, 0.05) is 0 Å². The molecule has 0 spiro atoms. The zero-order chi connectivity index (χ0) is 9.72. The van der Waals surface area contributed by atoms with Gasteiger partial charge in [-0.15, -0.1) is 0 Å². The number of hydrogen-bond donors (Lipinski definition) is 6. The normalized spacial score (nSPS) is 21.5. The molecule has 0 radical (unpaired) electrons. The van der Waals surface area contributed by atoms with Gasteiger partial charge in [-0.25, -0.2) is 0 Å². The maximum atomic E-state index is 8.95. The maximum Gasteiger partial charge on any atom is 0.128 e. The van der Waals surface area contributed by atoms with Gasteiger partial charge in [-0.1, -0.05) is 0 Å². The Kier molecular flexibility index (Phi) is 5.31. The van der Waals surface area contributed by atoms with Gasteiger partial charge in [0.25, 0.3) is 0 Å². The molecule has 0 bridgehead atoms. The Balaban J connectivity index is 3.54.